The maximum atomic E-state index is 13.9. The van der Waals surface area contributed by atoms with E-state index in [9.17, 15) is 14.4 Å². The predicted molar refractivity (Wildman–Crippen MR) is 150 cm³/mol. The first-order valence-corrected chi connectivity index (χ1v) is 12.5. The summed E-state index contributed by atoms with van der Waals surface area (Å²) in [6.45, 7) is 5.44. The second-order valence-corrected chi connectivity index (χ2v) is 8.85. The Bertz CT molecular complexity index is 1460. The normalized spacial score (nSPS) is 10.5. The highest BCUT2D eigenvalue weighted by atomic mass is 16.5. The molecule has 0 aromatic heterocycles. The van der Waals surface area contributed by atoms with Crippen molar-refractivity contribution in [2.24, 2.45) is 0 Å². The number of carbonyl (C=O) groups excluding carboxylic acids is 3. The molecule has 0 radical (unpaired) electrons. The Kier molecular flexibility index (Phi) is 8.34. The quantitative estimate of drug-likeness (QED) is 0.279. The fourth-order valence-corrected chi connectivity index (χ4v) is 4.40. The molecular formula is C32H30N2O4. The maximum Gasteiger partial charge on any atom is 0.326 e. The van der Waals surface area contributed by atoms with E-state index in [0.29, 0.717) is 16.9 Å². The number of amides is 2. The zero-order valence-electron chi connectivity index (χ0n) is 21.7. The first kappa shape index (κ1) is 26.4. The lowest BCUT2D eigenvalue weighted by Crippen LogP contribution is -2.37. The average Bonchev–Trinajstić information content (AvgIpc) is 2.92. The standard InChI is InChI=1S/C32H30N2O4/c1-4-38-29(35)21-34(28-20-11-8-13-22(28)2)32(37)26-17-9-10-19-27(26)33-31(36)30-23(3)14-12-18-25(30)24-15-6-5-7-16-24/h5-20H,4,21H2,1-3H3,(H,33,36). The smallest absolute Gasteiger partial charge is 0.326 e. The van der Waals surface area contributed by atoms with Gasteiger partial charge in [0.15, 0.2) is 0 Å². The monoisotopic (exact) mass is 506 g/mol. The Labute approximate surface area is 222 Å². The third kappa shape index (κ3) is 5.81. The van der Waals surface area contributed by atoms with E-state index in [1.807, 2.05) is 80.6 Å². The molecule has 0 aliphatic rings. The Balaban J connectivity index is 1.71. The van der Waals surface area contributed by atoms with Crippen LogP contribution in [-0.4, -0.2) is 30.9 Å². The Morgan fingerprint density at radius 2 is 1.42 bits per heavy atom. The molecule has 0 fully saturated rings. The van der Waals surface area contributed by atoms with E-state index in [1.165, 1.54) is 4.90 Å². The highest BCUT2D eigenvalue weighted by Gasteiger charge is 2.26. The van der Waals surface area contributed by atoms with Crippen LogP contribution < -0.4 is 10.2 Å². The van der Waals surface area contributed by atoms with E-state index in [0.717, 1.165) is 22.3 Å². The van der Waals surface area contributed by atoms with Crippen LogP contribution in [0.1, 0.15) is 38.8 Å². The van der Waals surface area contributed by atoms with Crippen LogP contribution in [0.15, 0.2) is 97.1 Å². The molecule has 38 heavy (non-hydrogen) atoms. The van der Waals surface area contributed by atoms with Crippen LogP contribution in [0.4, 0.5) is 11.4 Å². The molecule has 6 nitrogen and oxygen atoms in total. The number of nitrogens with zero attached hydrogens (tertiary/aromatic N) is 1. The van der Waals surface area contributed by atoms with Gasteiger partial charge in [-0.25, -0.2) is 0 Å². The van der Waals surface area contributed by atoms with Crippen LogP contribution >= 0.6 is 0 Å². The van der Waals surface area contributed by atoms with Crippen LogP contribution in [0.3, 0.4) is 0 Å². The largest absolute Gasteiger partial charge is 0.465 e. The maximum absolute atomic E-state index is 13.9. The minimum Gasteiger partial charge on any atom is -0.465 e. The summed E-state index contributed by atoms with van der Waals surface area (Å²) in [5, 5.41) is 2.96. The van der Waals surface area contributed by atoms with E-state index in [1.54, 1.807) is 37.3 Å². The van der Waals surface area contributed by atoms with Crippen molar-refractivity contribution in [2.45, 2.75) is 20.8 Å². The lowest BCUT2D eigenvalue weighted by molar-refractivity contribution is -0.141. The summed E-state index contributed by atoms with van der Waals surface area (Å²) in [5.41, 5.74) is 5.12. The van der Waals surface area contributed by atoms with Crippen LogP contribution in [0, 0.1) is 13.8 Å². The van der Waals surface area contributed by atoms with Crippen molar-refractivity contribution >= 4 is 29.2 Å². The second-order valence-electron chi connectivity index (χ2n) is 8.85. The van der Waals surface area contributed by atoms with Crippen molar-refractivity contribution in [1.29, 1.82) is 0 Å². The van der Waals surface area contributed by atoms with Crippen molar-refractivity contribution < 1.29 is 19.1 Å². The molecule has 0 saturated heterocycles. The second kappa shape index (κ2) is 12.0. The number of esters is 1. The molecule has 0 aliphatic heterocycles. The number of ether oxygens (including phenoxy) is 1. The zero-order chi connectivity index (χ0) is 27.1. The Morgan fingerprint density at radius 1 is 0.763 bits per heavy atom. The summed E-state index contributed by atoms with van der Waals surface area (Å²) < 4.78 is 5.14. The number of nitrogens with one attached hydrogen (secondary N) is 1. The molecule has 2 amide bonds. The van der Waals surface area contributed by atoms with Crippen molar-refractivity contribution in [3.05, 3.63) is 119 Å². The molecule has 0 atom stereocenters. The van der Waals surface area contributed by atoms with Gasteiger partial charge in [-0.15, -0.1) is 0 Å². The summed E-state index contributed by atoms with van der Waals surface area (Å²) >= 11 is 0. The third-order valence-electron chi connectivity index (χ3n) is 6.23. The topological polar surface area (TPSA) is 75.7 Å². The molecule has 0 heterocycles. The summed E-state index contributed by atoms with van der Waals surface area (Å²) in [5.74, 6) is -1.26. The van der Waals surface area contributed by atoms with Gasteiger partial charge in [0.25, 0.3) is 11.8 Å². The highest BCUT2D eigenvalue weighted by molar-refractivity contribution is 6.16. The van der Waals surface area contributed by atoms with Gasteiger partial charge in [-0.05, 0) is 61.2 Å². The van der Waals surface area contributed by atoms with E-state index < -0.39 is 11.9 Å². The summed E-state index contributed by atoms with van der Waals surface area (Å²) in [7, 11) is 0. The van der Waals surface area contributed by atoms with Gasteiger partial charge >= 0.3 is 5.97 Å². The van der Waals surface area contributed by atoms with E-state index >= 15 is 0 Å². The van der Waals surface area contributed by atoms with Crippen molar-refractivity contribution in [3.63, 3.8) is 0 Å². The molecular weight excluding hydrogens is 476 g/mol. The van der Waals surface area contributed by atoms with Gasteiger partial charge in [-0.3, -0.25) is 19.3 Å². The Hall–Kier alpha value is -4.71. The van der Waals surface area contributed by atoms with Gasteiger partial charge in [0.2, 0.25) is 0 Å². The number of hydrogen-bond acceptors (Lipinski definition) is 4. The fraction of sp³-hybridized carbons (Fsp3) is 0.156. The fourth-order valence-electron chi connectivity index (χ4n) is 4.40. The molecule has 1 N–H and O–H groups in total. The lowest BCUT2D eigenvalue weighted by atomic mass is 9.95. The summed E-state index contributed by atoms with van der Waals surface area (Å²) in [4.78, 5) is 41.4. The molecule has 0 spiro atoms. The number of aryl methyl sites for hydroxylation is 2. The van der Waals surface area contributed by atoms with Crippen LogP contribution in [-0.2, 0) is 9.53 Å². The molecule has 6 heteroatoms. The predicted octanol–water partition coefficient (Wildman–Crippen LogP) is 6.43. The number of benzene rings is 4. The van der Waals surface area contributed by atoms with Crippen molar-refractivity contribution in [2.75, 3.05) is 23.4 Å². The van der Waals surface area contributed by atoms with Gasteiger partial charge < -0.3 is 10.1 Å². The van der Waals surface area contributed by atoms with E-state index in [-0.39, 0.29) is 24.6 Å². The number of carbonyl (C=O) groups is 3. The van der Waals surface area contributed by atoms with Gasteiger partial charge in [0.1, 0.15) is 6.54 Å². The van der Waals surface area contributed by atoms with E-state index in [2.05, 4.69) is 5.32 Å². The molecule has 192 valence electrons. The SMILES string of the molecule is CCOC(=O)CN(C(=O)c1ccccc1NC(=O)c1c(C)cccc1-c1ccccc1)c1ccccc1C. The lowest BCUT2D eigenvalue weighted by Gasteiger charge is -2.25. The number of hydrogen-bond donors (Lipinski definition) is 1. The number of anilines is 2. The minimum atomic E-state index is -0.516. The molecule has 4 aromatic carbocycles. The van der Waals surface area contributed by atoms with Crippen molar-refractivity contribution in [1.82, 2.24) is 0 Å². The van der Waals surface area contributed by atoms with Crippen LogP contribution in [0.2, 0.25) is 0 Å². The minimum absolute atomic E-state index is 0.210. The first-order valence-electron chi connectivity index (χ1n) is 12.5. The zero-order valence-corrected chi connectivity index (χ0v) is 21.7. The Morgan fingerprint density at radius 3 is 2.16 bits per heavy atom. The summed E-state index contributed by atoms with van der Waals surface area (Å²) in [6, 6.07) is 29.6. The highest BCUT2D eigenvalue weighted by Crippen LogP contribution is 2.29. The average molecular weight is 507 g/mol. The van der Waals surface area contributed by atoms with Crippen molar-refractivity contribution in [3.8, 4) is 11.1 Å². The number of rotatable bonds is 8. The first-order chi connectivity index (χ1) is 18.4. The molecule has 4 aromatic rings. The van der Waals surface area contributed by atoms with E-state index in [4.69, 9.17) is 4.74 Å². The third-order valence-corrected chi connectivity index (χ3v) is 6.23. The molecule has 0 bridgehead atoms. The molecule has 0 saturated carbocycles. The number of para-hydroxylation sites is 2. The molecule has 0 aliphatic carbocycles. The molecule has 0 unspecified atom stereocenters. The van der Waals surface area contributed by atoms with Gasteiger partial charge in [0, 0.05) is 5.69 Å². The van der Waals surface area contributed by atoms with Crippen LogP contribution in [0.5, 0.6) is 0 Å². The molecule has 4 rings (SSSR count). The van der Waals surface area contributed by atoms with Gasteiger partial charge in [-0.2, -0.15) is 0 Å². The van der Waals surface area contributed by atoms with Crippen LogP contribution in [0.25, 0.3) is 11.1 Å². The van der Waals surface area contributed by atoms with Gasteiger partial charge in [0.05, 0.1) is 23.4 Å². The van der Waals surface area contributed by atoms with Gasteiger partial charge in [-0.1, -0.05) is 78.9 Å². The summed E-state index contributed by atoms with van der Waals surface area (Å²) in [6.07, 6.45) is 0.